The van der Waals surface area contributed by atoms with Gasteiger partial charge in [-0.05, 0) is 22.0 Å². The number of nitrogens with zero attached hydrogens (tertiary/aromatic N) is 3. The highest BCUT2D eigenvalue weighted by Gasteiger charge is 2.31. The van der Waals surface area contributed by atoms with Gasteiger partial charge in [-0.15, -0.1) is 0 Å². The van der Waals surface area contributed by atoms with Gasteiger partial charge in [-0.3, -0.25) is 0 Å². The van der Waals surface area contributed by atoms with Crippen molar-refractivity contribution in [3.63, 3.8) is 0 Å². The molecule has 0 atom stereocenters. The second-order valence-corrected chi connectivity index (χ2v) is 4.55. The number of fused-ring (bicyclic) bond motifs is 1. The lowest BCUT2D eigenvalue weighted by Crippen LogP contribution is -2.19. The Balaban J connectivity index is 2.63. The average molecular weight is 338 g/mol. The maximum absolute atomic E-state index is 12.4. The number of carbonyl (C=O) groups excluding carboxylic acids is 1. The van der Waals surface area contributed by atoms with Crippen LogP contribution in [-0.4, -0.2) is 34.0 Å². The average Bonchev–Trinajstić information content (AvgIpc) is 2.64. The van der Waals surface area contributed by atoms with Crippen molar-refractivity contribution in [1.29, 1.82) is 0 Å². The summed E-state index contributed by atoms with van der Waals surface area (Å²) in [7, 11) is 1.13. The Bertz CT molecular complexity index is 639. The third-order valence-electron chi connectivity index (χ3n) is 2.26. The molecule has 0 N–H and O–H groups in total. The third-order valence-corrected chi connectivity index (χ3v) is 2.70. The topological polar surface area (TPSA) is 57.0 Å². The molecule has 2 rings (SSSR count). The summed E-state index contributed by atoms with van der Waals surface area (Å²) >= 11 is 3.13. The van der Waals surface area contributed by atoms with Crippen LogP contribution in [0.2, 0.25) is 0 Å². The first-order chi connectivity index (χ1) is 8.81. The lowest BCUT2D eigenvalue weighted by Gasteiger charge is -2.06. The highest BCUT2D eigenvalue weighted by Crippen LogP contribution is 2.25. The van der Waals surface area contributed by atoms with Crippen LogP contribution in [0.1, 0.15) is 10.5 Å². The van der Waals surface area contributed by atoms with Crippen molar-refractivity contribution in [2.75, 3.05) is 7.11 Å². The van der Waals surface area contributed by atoms with Gasteiger partial charge >= 0.3 is 12.1 Å². The molecule has 19 heavy (non-hydrogen) atoms. The number of carbonyl (C=O) groups is 1. The van der Waals surface area contributed by atoms with E-state index in [0.29, 0.717) is 9.15 Å². The number of esters is 1. The number of ether oxygens (including phenoxy) is 1. The monoisotopic (exact) mass is 337 g/mol. The van der Waals surface area contributed by atoms with Crippen LogP contribution in [0.15, 0.2) is 16.7 Å². The van der Waals surface area contributed by atoms with Crippen LogP contribution in [0.3, 0.4) is 0 Å². The molecule has 0 saturated carbocycles. The van der Waals surface area contributed by atoms with Gasteiger partial charge in [0.1, 0.15) is 6.54 Å². The molecule has 0 aliphatic heterocycles. The van der Waals surface area contributed by atoms with E-state index < -0.39 is 18.7 Å². The van der Waals surface area contributed by atoms with E-state index in [-0.39, 0.29) is 16.7 Å². The van der Waals surface area contributed by atoms with Crippen molar-refractivity contribution in [1.82, 2.24) is 14.8 Å². The Morgan fingerprint density at radius 1 is 1.53 bits per heavy atom. The Kier molecular flexibility index (Phi) is 3.48. The molecular formula is C10H7BrF3N3O2. The van der Waals surface area contributed by atoms with Crippen molar-refractivity contribution in [2.45, 2.75) is 12.7 Å². The summed E-state index contributed by atoms with van der Waals surface area (Å²) in [5, 5.41) is 3.82. The minimum absolute atomic E-state index is 0.0269. The molecular weight excluding hydrogens is 331 g/mol. The Hall–Kier alpha value is -1.64. The minimum atomic E-state index is -4.46. The molecule has 102 valence electrons. The van der Waals surface area contributed by atoms with E-state index in [1.54, 1.807) is 0 Å². The number of alkyl halides is 3. The molecule has 2 aromatic rings. The second-order valence-electron chi connectivity index (χ2n) is 3.64. The molecule has 0 spiro atoms. The van der Waals surface area contributed by atoms with Crippen molar-refractivity contribution in [2.24, 2.45) is 0 Å². The van der Waals surface area contributed by atoms with Crippen LogP contribution in [0.5, 0.6) is 0 Å². The Morgan fingerprint density at radius 3 is 2.79 bits per heavy atom. The predicted octanol–water partition coefficient (Wildman–Crippen LogP) is 2.54. The minimum Gasteiger partial charge on any atom is -0.464 e. The number of hydrogen-bond acceptors (Lipinski definition) is 4. The zero-order valence-corrected chi connectivity index (χ0v) is 11.1. The first kappa shape index (κ1) is 13.8. The third kappa shape index (κ3) is 2.86. The number of pyridine rings is 1. The summed E-state index contributed by atoms with van der Waals surface area (Å²) in [6.45, 7) is -1.32. The van der Waals surface area contributed by atoms with Gasteiger partial charge in [0.25, 0.3) is 0 Å². The predicted molar refractivity (Wildman–Crippen MR) is 62.6 cm³/mol. The fraction of sp³-hybridized carbons (Fsp3) is 0.300. The van der Waals surface area contributed by atoms with Crippen molar-refractivity contribution < 1.29 is 22.7 Å². The molecule has 5 nitrogen and oxygen atoms in total. The van der Waals surface area contributed by atoms with Gasteiger partial charge in [-0.2, -0.15) is 18.3 Å². The second kappa shape index (κ2) is 4.80. The smallest absolute Gasteiger partial charge is 0.408 e. The molecule has 0 radical (unpaired) electrons. The van der Waals surface area contributed by atoms with Crippen LogP contribution in [0.4, 0.5) is 13.2 Å². The summed E-state index contributed by atoms with van der Waals surface area (Å²) in [4.78, 5) is 15.3. The number of hydrogen-bond donors (Lipinski definition) is 0. The lowest BCUT2D eigenvalue weighted by molar-refractivity contribution is -0.142. The highest BCUT2D eigenvalue weighted by molar-refractivity contribution is 9.10. The van der Waals surface area contributed by atoms with E-state index >= 15 is 0 Å². The normalized spacial score (nSPS) is 11.8. The summed E-state index contributed by atoms with van der Waals surface area (Å²) in [5.74, 6) is -0.814. The quantitative estimate of drug-likeness (QED) is 0.790. The molecule has 0 aromatic carbocycles. The van der Waals surface area contributed by atoms with Gasteiger partial charge in [-0.1, -0.05) is 0 Å². The maximum atomic E-state index is 12.4. The molecule has 0 saturated heterocycles. The van der Waals surface area contributed by atoms with Crippen molar-refractivity contribution >= 4 is 32.9 Å². The SMILES string of the molecule is COC(=O)c1nn(CC(F)(F)F)c2ncc(Br)cc12. The number of halogens is 4. The van der Waals surface area contributed by atoms with Crippen LogP contribution < -0.4 is 0 Å². The van der Waals surface area contributed by atoms with Gasteiger partial charge in [0.2, 0.25) is 0 Å². The van der Waals surface area contributed by atoms with Crippen LogP contribution in [-0.2, 0) is 11.3 Å². The first-order valence-electron chi connectivity index (χ1n) is 4.99. The fourth-order valence-corrected chi connectivity index (χ4v) is 1.89. The molecule has 2 heterocycles. The van der Waals surface area contributed by atoms with Gasteiger partial charge < -0.3 is 4.74 Å². The molecule has 0 amide bonds. The summed E-state index contributed by atoms with van der Waals surface area (Å²) < 4.78 is 42.9. The van der Waals surface area contributed by atoms with Gasteiger partial charge in [-0.25, -0.2) is 14.5 Å². The summed E-state index contributed by atoms with van der Waals surface area (Å²) in [6, 6.07) is 1.47. The van der Waals surface area contributed by atoms with Gasteiger partial charge in [0.15, 0.2) is 11.3 Å². The van der Waals surface area contributed by atoms with Gasteiger partial charge in [0, 0.05) is 10.7 Å². The maximum Gasteiger partial charge on any atom is 0.408 e. The van der Waals surface area contributed by atoms with Gasteiger partial charge in [0.05, 0.1) is 12.5 Å². The largest absolute Gasteiger partial charge is 0.464 e. The number of aromatic nitrogens is 3. The van der Waals surface area contributed by atoms with Crippen LogP contribution in [0.25, 0.3) is 11.0 Å². The van der Waals surface area contributed by atoms with E-state index in [0.717, 1.165) is 7.11 Å². The zero-order chi connectivity index (χ0) is 14.2. The zero-order valence-electron chi connectivity index (χ0n) is 9.53. The standard InChI is InChI=1S/C10H7BrF3N3O2/c1-19-9(18)7-6-2-5(11)3-15-8(6)17(16-7)4-10(12,13)14/h2-3H,4H2,1H3. The molecule has 0 aliphatic rings. The van der Waals surface area contributed by atoms with Crippen LogP contribution in [0, 0.1) is 0 Å². The number of methoxy groups -OCH3 is 1. The molecule has 0 unspecified atom stereocenters. The number of rotatable bonds is 2. The van der Waals surface area contributed by atoms with E-state index in [1.165, 1.54) is 12.3 Å². The lowest BCUT2D eigenvalue weighted by atomic mass is 10.2. The summed E-state index contributed by atoms with van der Waals surface area (Å²) in [5.41, 5.74) is -0.225. The highest BCUT2D eigenvalue weighted by atomic mass is 79.9. The van der Waals surface area contributed by atoms with Crippen molar-refractivity contribution in [3.8, 4) is 0 Å². The van der Waals surface area contributed by atoms with E-state index in [9.17, 15) is 18.0 Å². The molecule has 2 aromatic heterocycles. The fourth-order valence-electron chi connectivity index (χ4n) is 1.56. The van der Waals surface area contributed by atoms with Crippen molar-refractivity contribution in [3.05, 3.63) is 22.4 Å². The molecule has 0 bridgehead atoms. The molecule has 0 aliphatic carbocycles. The van der Waals surface area contributed by atoms with E-state index in [1.807, 2.05) is 0 Å². The van der Waals surface area contributed by atoms with Crippen LogP contribution >= 0.6 is 15.9 Å². The summed E-state index contributed by atoms with van der Waals surface area (Å²) in [6.07, 6.45) is -3.13. The molecule has 9 heteroatoms. The Labute approximate surface area is 113 Å². The van der Waals surface area contributed by atoms with E-state index in [2.05, 4.69) is 30.7 Å². The Morgan fingerprint density at radius 2 is 2.21 bits per heavy atom. The van der Waals surface area contributed by atoms with E-state index in [4.69, 9.17) is 0 Å². The molecule has 0 fully saturated rings. The first-order valence-corrected chi connectivity index (χ1v) is 5.78.